The first-order valence-electron chi connectivity index (χ1n) is 9.41. The van der Waals surface area contributed by atoms with Crippen molar-refractivity contribution < 1.29 is 4.79 Å². The van der Waals surface area contributed by atoms with E-state index in [0.717, 1.165) is 28.1 Å². The van der Waals surface area contributed by atoms with Gasteiger partial charge in [-0.25, -0.2) is 9.97 Å². The lowest BCUT2D eigenvalue weighted by Gasteiger charge is -2.10. The van der Waals surface area contributed by atoms with Crippen LogP contribution in [0, 0.1) is 13.8 Å². The van der Waals surface area contributed by atoms with Crippen molar-refractivity contribution in [1.29, 1.82) is 0 Å². The minimum absolute atomic E-state index is 0.0663. The monoisotopic (exact) mass is 399 g/mol. The molecule has 3 aromatic carbocycles. The number of carbonyl (C=O) groups is 1. The van der Waals surface area contributed by atoms with E-state index in [0.29, 0.717) is 5.16 Å². The summed E-state index contributed by atoms with van der Waals surface area (Å²) in [5.74, 6) is 0.192. The normalized spacial score (nSPS) is 10.8. The minimum atomic E-state index is -0.0663. The smallest absolute Gasteiger partial charge is 0.234 e. The van der Waals surface area contributed by atoms with Gasteiger partial charge in [-0.05, 0) is 53.9 Å². The minimum Gasteiger partial charge on any atom is -0.325 e. The molecular weight excluding hydrogens is 378 g/mol. The highest BCUT2D eigenvalue weighted by molar-refractivity contribution is 7.99. The van der Waals surface area contributed by atoms with E-state index >= 15 is 0 Å². The van der Waals surface area contributed by atoms with E-state index in [9.17, 15) is 4.79 Å². The molecule has 0 spiro atoms. The summed E-state index contributed by atoms with van der Waals surface area (Å²) in [6.45, 7) is 4.04. The molecule has 0 aliphatic carbocycles. The maximum Gasteiger partial charge on any atom is 0.234 e. The Morgan fingerprint density at radius 2 is 1.79 bits per heavy atom. The van der Waals surface area contributed by atoms with E-state index in [-0.39, 0.29) is 11.7 Å². The first kappa shape index (κ1) is 19.2. The summed E-state index contributed by atoms with van der Waals surface area (Å²) in [5.41, 5.74) is 4.97. The molecule has 144 valence electrons. The number of amides is 1. The van der Waals surface area contributed by atoms with Gasteiger partial charge in [-0.3, -0.25) is 4.79 Å². The van der Waals surface area contributed by atoms with E-state index in [1.165, 1.54) is 22.5 Å². The van der Waals surface area contributed by atoms with Crippen LogP contribution in [0.3, 0.4) is 0 Å². The molecule has 4 rings (SSSR count). The van der Waals surface area contributed by atoms with Gasteiger partial charge in [0.05, 0.1) is 11.4 Å². The molecule has 0 unspecified atom stereocenters. The van der Waals surface area contributed by atoms with Crippen LogP contribution in [0.2, 0.25) is 0 Å². The second-order valence-electron chi connectivity index (χ2n) is 6.87. The van der Waals surface area contributed by atoms with E-state index in [1.807, 2.05) is 50.2 Å². The average molecular weight is 400 g/mol. The highest BCUT2D eigenvalue weighted by Gasteiger charge is 2.09. The van der Waals surface area contributed by atoms with Gasteiger partial charge in [-0.15, -0.1) is 0 Å². The number of hydrogen-bond donors (Lipinski definition) is 1. The lowest BCUT2D eigenvalue weighted by atomic mass is 10.1. The zero-order chi connectivity index (χ0) is 20.2. The second-order valence-corrected chi connectivity index (χ2v) is 7.81. The summed E-state index contributed by atoms with van der Waals surface area (Å²) < 4.78 is 0. The van der Waals surface area contributed by atoms with Crippen molar-refractivity contribution in [2.75, 3.05) is 11.1 Å². The predicted octanol–water partition coefficient (Wildman–Crippen LogP) is 5.64. The summed E-state index contributed by atoms with van der Waals surface area (Å²) in [6.07, 6.45) is 1.74. The molecule has 1 heterocycles. The number of thioether (sulfide) groups is 1. The van der Waals surface area contributed by atoms with Gasteiger partial charge in [0, 0.05) is 17.4 Å². The molecule has 0 fully saturated rings. The van der Waals surface area contributed by atoms with Crippen LogP contribution < -0.4 is 5.32 Å². The van der Waals surface area contributed by atoms with Crippen LogP contribution in [0.25, 0.3) is 22.0 Å². The Morgan fingerprint density at radius 1 is 0.966 bits per heavy atom. The Bertz CT molecular complexity index is 1190. The number of aryl methyl sites for hydroxylation is 1. The van der Waals surface area contributed by atoms with Crippen LogP contribution in [-0.2, 0) is 4.79 Å². The molecule has 4 nitrogen and oxygen atoms in total. The van der Waals surface area contributed by atoms with Crippen LogP contribution in [0.15, 0.2) is 78.1 Å². The standard InChI is InChI=1S/C24H21N3OS/c1-16-6-5-9-21(17(16)2)26-23(28)15-29-24-25-13-12-22(27-24)20-11-10-18-7-3-4-8-19(18)14-20/h3-14H,15H2,1-2H3,(H,26,28). The van der Waals surface area contributed by atoms with E-state index in [4.69, 9.17) is 0 Å². The highest BCUT2D eigenvalue weighted by Crippen LogP contribution is 2.25. The Kier molecular flexibility index (Phi) is 5.58. The summed E-state index contributed by atoms with van der Waals surface area (Å²) in [7, 11) is 0. The number of aromatic nitrogens is 2. The number of anilines is 1. The number of nitrogens with one attached hydrogen (secondary N) is 1. The van der Waals surface area contributed by atoms with Crippen LogP contribution >= 0.6 is 11.8 Å². The Morgan fingerprint density at radius 3 is 2.66 bits per heavy atom. The van der Waals surface area contributed by atoms with Crippen molar-refractivity contribution in [2.24, 2.45) is 0 Å². The first-order chi connectivity index (χ1) is 14.1. The van der Waals surface area contributed by atoms with E-state index in [1.54, 1.807) is 6.20 Å². The highest BCUT2D eigenvalue weighted by atomic mass is 32.2. The van der Waals surface area contributed by atoms with Gasteiger partial charge in [0.15, 0.2) is 5.16 Å². The molecule has 0 aliphatic heterocycles. The fourth-order valence-electron chi connectivity index (χ4n) is 3.12. The Hall–Kier alpha value is -3.18. The number of nitrogens with zero attached hydrogens (tertiary/aromatic N) is 2. The van der Waals surface area contributed by atoms with Crippen LogP contribution in [0.4, 0.5) is 5.69 Å². The zero-order valence-electron chi connectivity index (χ0n) is 16.3. The molecule has 0 bridgehead atoms. The molecule has 0 atom stereocenters. The van der Waals surface area contributed by atoms with Gasteiger partial charge in [-0.1, -0.05) is 60.3 Å². The lowest BCUT2D eigenvalue weighted by molar-refractivity contribution is -0.113. The topological polar surface area (TPSA) is 54.9 Å². The van der Waals surface area contributed by atoms with Gasteiger partial charge in [-0.2, -0.15) is 0 Å². The maximum atomic E-state index is 12.4. The molecule has 0 saturated carbocycles. The molecule has 1 N–H and O–H groups in total. The maximum absolute atomic E-state index is 12.4. The van der Waals surface area contributed by atoms with Crippen LogP contribution in [0.1, 0.15) is 11.1 Å². The largest absolute Gasteiger partial charge is 0.325 e. The number of hydrogen-bond acceptors (Lipinski definition) is 4. The van der Waals surface area contributed by atoms with Crippen LogP contribution in [-0.4, -0.2) is 21.6 Å². The van der Waals surface area contributed by atoms with Crippen molar-refractivity contribution in [1.82, 2.24) is 9.97 Å². The quantitative estimate of drug-likeness (QED) is 0.348. The van der Waals surface area contributed by atoms with Gasteiger partial charge >= 0.3 is 0 Å². The summed E-state index contributed by atoms with van der Waals surface area (Å²) in [5, 5.41) is 5.93. The van der Waals surface area contributed by atoms with E-state index < -0.39 is 0 Å². The number of benzene rings is 3. The third kappa shape index (κ3) is 4.46. The first-order valence-corrected chi connectivity index (χ1v) is 10.4. The third-order valence-electron chi connectivity index (χ3n) is 4.89. The van der Waals surface area contributed by atoms with Crippen molar-refractivity contribution >= 4 is 34.1 Å². The molecule has 0 saturated heterocycles. The summed E-state index contributed by atoms with van der Waals surface area (Å²) in [6, 6.07) is 22.3. The van der Waals surface area contributed by atoms with Crippen molar-refractivity contribution in [2.45, 2.75) is 19.0 Å². The van der Waals surface area contributed by atoms with Gasteiger partial charge in [0.1, 0.15) is 0 Å². The molecule has 5 heteroatoms. The molecule has 4 aromatic rings. The second kappa shape index (κ2) is 8.45. The van der Waals surface area contributed by atoms with Gasteiger partial charge < -0.3 is 5.32 Å². The molecule has 0 radical (unpaired) electrons. The summed E-state index contributed by atoms with van der Waals surface area (Å²) >= 11 is 1.34. The molecular formula is C24H21N3OS. The number of carbonyl (C=O) groups excluding carboxylic acids is 1. The fourth-order valence-corrected chi connectivity index (χ4v) is 3.75. The van der Waals surface area contributed by atoms with Crippen LogP contribution in [0.5, 0.6) is 0 Å². The van der Waals surface area contributed by atoms with Crippen molar-refractivity contribution in [3.05, 3.63) is 84.1 Å². The Labute approximate surface area is 174 Å². The summed E-state index contributed by atoms with van der Waals surface area (Å²) in [4.78, 5) is 21.3. The Balaban J connectivity index is 1.46. The number of fused-ring (bicyclic) bond motifs is 1. The van der Waals surface area contributed by atoms with Crippen molar-refractivity contribution in [3.8, 4) is 11.3 Å². The average Bonchev–Trinajstić information content (AvgIpc) is 2.75. The molecule has 29 heavy (non-hydrogen) atoms. The van der Waals surface area contributed by atoms with Gasteiger partial charge in [0.25, 0.3) is 0 Å². The van der Waals surface area contributed by atoms with Gasteiger partial charge in [0.2, 0.25) is 5.91 Å². The SMILES string of the molecule is Cc1cccc(NC(=O)CSc2nccc(-c3ccc4ccccc4c3)n2)c1C. The van der Waals surface area contributed by atoms with E-state index in [2.05, 4.69) is 45.6 Å². The third-order valence-corrected chi connectivity index (χ3v) is 5.75. The predicted molar refractivity (Wildman–Crippen MR) is 120 cm³/mol. The number of rotatable bonds is 5. The van der Waals surface area contributed by atoms with Crippen molar-refractivity contribution in [3.63, 3.8) is 0 Å². The lowest BCUT2D eigenvalue weighted by Crippen LogP contribution is -2.15. The molecule has 1 amide bonds. The fraction of sp³-hybridized carbons (Fsp3) is 0.125. The zero-order valence-corrected chi connectivity index (χ0v) is 17.2. The molecule has 0 aliphatic rings. The molecule has 1 aromatic heterocycles.